The fraction of sp³-hybridized carbons (Fsp3) is 0.600. The van der Waals surface area contributed by atoms with Crippen molar-refractivity contribution in [1.29, 1.82) is 0 Å². The van der Waals surface area contributed by atoms with Gasteiger partial charge in [-0.2, -0.15) is 0 Å². The summed E-state index contributed by atoms with van der Waals surface area (Å²) in [6.07, 6.45) is 4.91. The number of amides is 2. The number of anilines is 1. The lowest BCUT2D eigenvalue weighted by atomic mass is 10.1. The van der Waals surface area contributed by atoms with Gasteiger partial charge in [0.1, 0.15) is 24.8 Å². The second kappa shape index (κ2) is 7.26. The van der Waals surface area contributed by atoms with Gasteiger partial charge in [-0.1, -0.05) is 0 Å². The number of nitrogens with zero attached hydrogens (tertiary/aromatic N) is 4. The Labute approximate surface area is 134 Å². The van der Waals surface area contributed by atoms with Gasteiger partial charge in [-0.3, -0.25) is 9.69 Å². The zero-order chi connectivity index (χ0) is 16.1. The summed E-state index contributed by atoms with van der Waals surface area (Å²) >= 11 is 0. The summed E-state index contributed by atoms with van der Waals surface area (Å²) in [6, 6.07) is 1.90. The molecule has 0 saturated carbocycles. The maximum atomic E-state index is 11.9. The van der Waals surface area contributed by atoms with Crippen LogP contribution in [0, 0.1) is 0 Å². The van der Waals surface area contributed by atoms with E-state index in [1.807, 2.05) is 6.07 Å². The molecule has 124 valence electrons. The van der Waals surface area contributed by atoms with Crippen molar-refractivity contribution in [2.45, 2.75) is 25.8 Å². The number of carbonyl (C=O) groups is 2. The third kappa shape index (κ3) is 4.08. The number of rotatable bonds is 5. The Morgan fingerprint density at radius 1 is 1.26 bits per heavy atom. The number of ether oxygens (including phenoxy) is 1. The van der Waals surface area contributed by atoms with Crippen molar-refractivity contribution < 1.29 is 14.3 Å². The van der Waals surface area contributed by atoms with Crippen LogP contribution in [0.5, 0.6) is 0 Å². The molecule has 2 amide bonds. The van der Waals surface area contributed by atoms with E-state index >= 15 is 0 Å². The number of hydrogen-bond donors (Lipinski definition) is 1. The van der Waals surface area contributed by atoms with Gasteiger partial charge in [0, 0.05) is 19.3 Å². The number of carbonyl (C=O) groups excluding carboxylic acids is 2. The van der Waals surface area contributed by atoms with Crippen molar-refractivity contribution in [2.75, 3.05) is 37.7 Å². The number of aromatic nitrogens is 2. The van der Waals surface area contributed by atoms with E-state index in [0.717, 1.165) is 18.9 Å². The minimum absolute atomic E-state index is 0.00461. The Morgan fingerprint density at radius 3 is 2.83 bits per heavy atom. The molecule has 2 aliphatic heterocycles. The lowest BCUT2D eigenvalue weighted by Gasteiger charge is -2.27. The molecule has 0 spiro atoms. The number of piperidine rings is 1. The summed E-state index contributed by atoms with van der Waals surface area (Å²) < 4.78 is 4.79. The molecule has 2 fully saturated rings. The van der Waals surface area contributed by atoms with Gasteiger partial charge >= 0.3 is 6.09 Å². The second-order valence-electron chi connectivity index (χ2n) is 5.69. The van der Waals surface area contributed by atoms with Gasteiger partial charge in [-0.05, 0) is 25.3 Å². The molecule has 0 aliphatic carbocycles. The van der Waals surface area contributed by atoms with E-state index in [1.54, 1.807) is 6.20 Å². The van der Waals surface area contributed by atoms with Crippen molar-refractivity contribution >= 4 is 17.8 Å². The number of hydrogen-bond acceptors (Lipinski definition) is 6. The summed E-state index contributed by atoms with van der Waals surface area (Å²) in [5.74, 6) is 1.24. The maximum Gasteiger partial charge on any atom is 0.410 e. The molecule has 2 aliphatic rings. The number of nitrogens with one attached hydrogen (secondary N) is 1. The third-order valence-corrected chi connectivity index (χ3v) is 3.99. The molecule has 23 heavy (non-hydrogen) atoms. The highest BCUT2D eigenvalue weighted by Gasteiger charge is 2.24. The van der Waals surface area contributed by atoms with Crippen LogP contribution >= 0.6 is 0 Å². The smallest absolute Gasteiger partial charge is 0.410 e. The summed E-state index contributed by atoms with van der Waals surface area (Å²) in [5.41, 5.74) is 0. The third-order valence-electron chi connectivity index (χ3n) is 3.99. The molecule has 0 atom stereocenters. The molecule has 1 aromatic heterocycles. The van der Waals surface area contributed by atoms with Gasteiger partial charge in [0.2, 0.25) is 5.91 Å². The summed E-state index contributed by atoms with van der Waals surface area (Å²) in [4.78, 5) is 35.5. The lowest BCUT2D eigenvalue weighted by molar-refractivity contribution is -0.121. The van der Waals surface area contributed by atoms with Gasteiger partial charge in [0.25, 0.3) is 0 Å². The maximum absolute atomic E-state index is 11.9. The van der Waals surface area contributed by atoms with E-state index in [0.29, 0.717) is 19.0 Å². The molecule has 0 aromatic carbocycles. The Kier molecular flexibility index (Phi) is 4.89. The van der Waals surface area contributed by atoms with Crippen molar-refractivity contribution in [3.05, 3.63) is 18.1 Å². The van der Waals surface area contributed by atoms with Gasteiger partial charge < -0.3 is 15.0 Å². The summed E-state index contributed by atoms with van der Waals surface area (Å²) in [6.45, 7) is 3.08. The predicted molar refractivity (Wildman–Crippen MR) is 82.9 cm³/mol. The van der Waals surface area contributed by atoms with E-state index in [2.05, 4.69) is 20.2 Å². The Hall–Kier alpha value is -2.38. The van der Waals surface area contributed by atoms with Crippen LogP contribution in [-0.4, -0.2) is 59.7 Å². The van der Waals surface area contributed by atoms with Gasteiger partial charge in [0.05, 0.1) is 13.1 Å². The standard InChI is InChI=1S/C15H21N5O3/c21-14(11-20-8-9-23-15(20)22)17-10-12-16-5-4-13(18-12)19-6-2-1-3-7-19/h4-5H,1-3,6-11H2,(H,17,21). The molecule has 0 bridgehead atoms. The zero-order valence-corrected chi connectivity index (χ0v) is 13.0. The van der Waals surface area contributed by atoms with E-state index in [4.69, 9.17) is 4.74 Å². The zero-order valence-electron chi connectivity index (χ0n) is 13.0. The molecule has 0 radical (unpaired) electrons. The summed E-state index contributed by atoms with van der Waals surface area (Å²) in [7, 11) is 0. The molecule has 2 saturated heterocycles. The average Bonchev–Trinajstić information content (AvgIpc) is 2.99. The lowest BCUT2D eigenvalue weighted by Crippen LogP contribution is -2.37. The first kappa shape index (κ1) is 15.5. The molecule has 1 aromatic rings. The van der Waals surface area contributed by atoms with Crippen molar-refractivity contribution in [1.82, 2.24) is 20.2 Å². The summed E-state index contributed by atoms with van der Waals surface area (Å²) in [5, 5.41) is 2.74. The van der Waals surface area contributed by atoms with Crippen LogP contribution < -0.4 is 10.2 Å². The molecular weight excluding hydrogens is 298 g/mol. The van der Waals surface area contributed by atoms with E-state index in [-0.39, 0.29) is 19.0 Å². The average molecular weight is 319 g/mol. The van der Waals surface area contributed by atoms with E-state index in [1.165, 1.54) is 24.2 Å². The molecular formula is C15H21N5O3. The first-order chi connectivity index (χ1) is 11.2. The largest absolute Gasteiger partial charge is 0.448 e. The monoisotopic (exact) mass is 319 g/mol. The van der Waals surface area contributed by atoms with Crippen LogP contribution in [0.1, 0.15) is 25.1 Å². The fourth-order valence-corrected chi connectivity index (χ4v) is 2.75. The van der Waals surface area contributed by atoms with Crippen molar-refractivity contribution in [3.8, 4) is 0 Å². The minimum Gasteiger partial charge on any atom is -0.448 e. The highest BCUT2D eigenvalue weighted by atomic mass is 16.6. The van der Waals surface area contributed by atoms with Crippen LogP contribution in [0.4, 0.5) is 10.6 Å². The molecule has 8 heteroatoms. The topological polar surface area (TPSA) is 87.7 Å². The Balaban J connectivity index is 1.51. The molecule has 8 nitrogen and oxygen atoms in total. The minimum atomic E-state index is -0.441. The quantitative estimate of drug-likeness (QED) is 0.852. The SMILES string of the molecule is O=C(CN1CCOC1=O)NCc1nccc(N2CCCCC2)n1. The first-order valence-electron chi connectivity index (χ1n) is 7.97. The van der Waals surface area contributed by atoms with Crippen LogP contribution in [0.3, 0.4) is 0 Å². The molecule has 3 heterocycles. The van der Waals surface area contributed by atoms with Crippen LogP contribution in [-0.2, 0) is 16.1 Å². The fourth-order valence-electron chi connectivity index (χ4n) is 2.75. The molecule has 3 rings (SSSR count). The second-order valence-corrected chi connectivity index (χ2v) is 5.69. The van der Waals surface area contributed by atoms with Crippen LogP contribution in [0.15, 0.2) is 12.3 Å². The molecule has 1 N–H and O–H groups in total. The Bertz CT molecular complexity index is 574. The molecule has 0 unspecified atom stereocenters. The van der Waals surface area contributed by atoms with Crippen molar-refractivity contribution in [2.24, 2.45) is 0 Å². The first-order valence-corrected chi connectivity index (χ1v) is 7.97. The van der Waals surface area contributed by atoms with E-state index in [9.17, 15) is 9.59 Å². The van der Waals surface area contributed by atoms with E-state index < -0.39 is 6.09 Å². The highest BCUT2D eigenvalue weighted by Crippen LogP contribution is 2.16. The van der Waals surface area contributed by atoms with Gasteiger partial charge in [-0.25, -0.2) is 14.8 Å². The highest BCUT2D eigenvalue weighted by molar-refractivity contribution is 5.82. The van der Waals surface area contributed by atoms with Crippen molar-refractivity contribution in [3.63, 3.8) is 0 Å². The Morgan fingerprint density at radius 2 is 2.09 bits per heavy atom. The number of cyclic esters (lactones) is 1. The van der Waals surface area contributed by atoms with Crippen LogP contribution in [0.25, 0.3) is 0 Å². The van der Waals surface area contributed by atoms with Crippen LogP contribution in [0.2, 0.25) is 0 Å². The normalized spacial score (nSPS) is 18.0. The van der Waals surface area contributed by atoms with Gasteiger partial charge in [-0.15, -0.1) is 0 Å². The predicted octanol–water partition coefficient (Wildman–Crippen LogP) is 0.535. The van der Waals surface area contributed by atoms with Gasteiger partial charge in [0.15, 0.2) is 0 Å².